The molecule has 1 fully saturated rings. The van der Waals surface area contributed by atoms with E-state index in [0.29, 0.717) is 24.1 Å². The lowest BCUT2D eigenvalue weighted by Crippen LogP contribution is -2.12. The quantitative estimate of drug-likeness (QED) is 0.0847. The minimum atomic E-state index is -0.913. The molecule has 1 saturated carbocycles. The Morgan fingerprint density at radius 3 is 1.94 bits per heavy atom. The lowest BCUT2D eigenvalue weighted by atomic mass is 9.85. The van der Waals surface area contributed by atoms with Gasteiger partial charge in [0.1, 0.15) is 41.2 Å². The van der Waals surface area contributed by atoms with Gasteiger partial charge in [-0.05, 0) is 75.4 Å². The van der Waals surface area contributed by atoms with Crippen molar-refractivity contribution < 1.29 is 37.0 Å². The van der Waals surface area contributed by atoms with Crippen molar-refractivity contribution in [2.75, 3.05) is 17.8 Å². The molecule has 2 atom stereocenters. The number of halogens is 6. The second-order valence-electron chi connectivity index (χ2n) is 11.1. The van der Waals surface area contributed by atoms with Gasteiger partial charge < -0.3 is 20.3 Å². The zero-order valence-electron chi connectivity index (χ0n) is 26.5. The summed E-state index contributed by atoms with van der Waals surface area (Å²) in [7, 11) is 0. The molecule has 0 radical (unpaired) electrons. The molecule has 2 aromatic heterocycles. The van der Waals surface area contributed by atoms with Crippen LogP contribution in [-0.2, 0) is 4.84 Å². The maximum Gasteiger partial charge on any atom is 0.192 e. The molecule has 5 rings (SSSR count). The van der Waals surface area contributed by atoms with Crippen molar-refractivity contribution in [3.63, 3.8) is 0 Å². The van der Waals surface area contributed by atoms with E-state index in [9.17, 15) is 22.7 Å². The summed E-state index contributed by atoms with van der Waals surface area (Å²) in [5, 5.41) is 8.68. The Morgan fingerprint density at radius 2 is 1.38 bits per heavy atom. The molecule has 4 N–H and O–H groups in total. The summed E-state index contributed by atoms with van der Waals surface area (Å²) in [4.78, 5) is 13.4. The molecule has 48 heavy (non-hydrogen) atoms. The van der Waals surface area contributed by atoms with Gasteiger partial charge in [0.15, 0.2) is 23.1 Å². The molecular formula is C34H36Cl2F4N4O4. The summed E-state index contributed by atoms with van der Waals surface area (Å²) in [6.07, 6.45) is 7.11. The van der Waals surface area contributed by atoms with Crippen molar-refractivity contribution in [1.82, 2.24) is 9.97 Å². The van der Waals surface area contributed by atoms with Crippen LogP contribution >= 0.6 is 23.2 Å². The number of rotatable bonds is 10. The number of nitrogens with one attached hydrogen (secondary N) is 1. The van der Waals surface area contributed by atoms with Crippen molar-refractivity contribution in [1.29, 1.82) is 0 Å². The second kappa shape index (κ2) is 16.9. The first-order valence-corrected chi connectivity index (χ1v) is 16.1. The fourth-order valence-corrected chi connectivity index (χ4v) is 5.91. The number of aromatic hydroxyl groups is 1. The number of hydrogen-bond acceptors (Lipinski definition) is 8. The fraction of sp³-hybridized carbons (Fsp3) is 0.353. The van der Waals surface area contributed by atoms with E-state index >= 15 is 0 Å². The van der Waals surface area contributed by atoms with Crippen molar-refractivity contribution in [3.05, 3.63) is 98.8 Å². The highest BCUT2D eigenvalue weighted by molar-refractivity contribution is 6.31. The van der Waals surface area contributed by atoms with Crippen LogP contribution in [0.3, 0.4) is 0 Å². The van der Waals surface area contributed by atoms with Gasteiger partial charge in [0.2, 0.25) is 0 Å². The lowest BCUT2D eigenvalue weighted by molar-refractivity contribution is 0.196. The summed E-state index contributed by atoms with van der Waals surface area (Å²) >= 11 is 11.7. The molecule has 8 nitrogen and oxygen atoms in total. The highest BCUT2D eigenvalue weighted by Gasteiger charge is 2.24. The summed E-state index contributed by atoms with van der Waals surface area (Å²) in [5.74, 6) is -1.60. The molecule has 0 saturated heterocycles. The molecule has 2 unspecified atom stereocenters. The number of benzene rings is 2. The molecule has 0 bridgehead atoms. The van der Waals surface area contributed by atoms with E-state index < -0.39 is 35.5 Å². The predicted molar refractivity (Wildman–Crippen MR) is 176 cm³/mol. The Balaban J connectivity index is 0.000000229. The van der Waals surface area contributed by atoms with Gasteiger partial charge in [0.05, 0.1) is 22.8 Å². The fourth-order valence-electron chi connectivity index (χ4n) is 5.29. The van der Waals surface area contributed by atoms with Crippen molar-refractivity contribution in [2.24, 2.45) is 0 Å². The van der Waals surface area contributed by atoms with Gasteiger partial charge in [-0.2, -0.15) is 0 Å². The molecule has 0 amide bonds. The summed E-state index contributed by atoms with van der Waals surface area (Å²) in [6.45, 7) is 5.38. The van der Waals surface area contributed by atoms with E-state index in [2.05, 4.69) is 15.4 Å². The number of pyridine rings is 2. The Hall–Kier alpha value is -4.00. The summed E-state index contributed by atoms with van der Waals surface area (Å²) in [5.41, 5.74) is 9.25. The molecule has 1 aliphatic rings. The minimum absolute atomic E-state index is 0.0163. The summed E-state index contributed by atoms with van der Waals surface area (Å²) < 4.78 is 66.6. The molecule has 1 aliphatic carbocycles. The molecule has 0 spiro atoms. The monoisotopic (exact) mass is 710 g/mol. The first-order valence-electron chi connectivity index (χ1n) is 15.3. The van der Waals surface area contributed by atoms with E-state index in [4.69, 9.17) is 43.2 Å². The highest BCUT2D eigenvalue weighted by atomic mass is 35.5. The van der Waals surface area contributed by atoms with E-state index in [1.807, 2.05) is 19.2 Å². The van der Waals surface area contributed by atoms with Crippen LogP contribution in [0.25, 0.3) is 0 Å². The van der Waals surface area contributed by atoms with Crippen LogP contribution in [0.1, 0.15) is 87.7 Å². The normalized spacial score (nSPS) is 14.4. The first kappa shape index (κ1) is 36.8. The number of anilines is 2. The zero-order valence-corrected chi connectivity index (χ0v) is 28.0. The van der Waals surface area contributed by atoms with Gasteiger partial charge in [-0.1, -0.05) is 42.5 Å². The van der Waals surface area contributed by atoms with Crippen LogP contribution in [-0.4, -0.2) is 21.7 Å². The number of nitrogens with two attached hydrogens (primary N) is 1. The second-order valence-corrected chi connectivity index (χ2v) is 11.9. The Kier molecular flexibility index (Phi) is 13.0. The maximum absolute atomic E-state index is 14.3. The predicted octanol–water partition coefficient (Wildman–Crippen LogP) is 10.0. The average Bonchev–Trinajstić information content (AvgIpc) is 3.06. The largest absolute Gasteiger partial charge is 0.506 e. The van der Waals surface area contributed by atoms with E-state index in [1.54, 1.807) is 6.92 Å². The van der Waals surface area contributed by atoms with Crippen LogP contribution < -0.4 is 20.7 Å². The van der Waals surface area contributed by atoms with E-state index in [0.717, 1.165) is 48.9 Å². The van der Waals surface area contributed by atoms with Gasteiger partial charge in [-0.3, -0.25) is 4.84 Å². The van der Waals surface area contributed by atoms with Gasteiger partial charge >= 0.3 is 0 Å². The van der Waals surface area contributed by atoms with Crippen LogP contribution in [0.15, 0.2) is 48.8 Å². The molecule has 4 aromatic rings. The van der Waals surface area contributed by atoms with Gasteiger partial charge in [-0.25, -0.2) is 33.0 Å². The minimum Gasteiger partial charge on any atom is -0.506 e. The topological polar surface area (TPSA) is 112 Å². The Morgan fingerprint density at radius 1 is 0.833 bits per heavy atom. The van der Waals surface area contributed by atoms with Crippen LogP contribution in [0.2, 0.25) is 10.0 Å². The SMILES string of the molecule is CC(Oc1cc(O)cnc1N)c1c(F)ccc(F)c1Cl.CCONc1ncc(C2CCCCC2)cc1OC(C)c1c(F)ccc(F)c1Cl. The molecule has 0 aliphatic heterocycles. The number of aromatic nitrogens is 2. The van der Waals surface area contributed by atoms with Gasteiger partial charge in [0, 0.05) is 23.4 Å². The lowest BCUT2D eigenvalue weighted by Gasteiger charge is -2.24. The molecule has 2 heterocycles. The standard InChI is InChI=1S/C21H25ClF2N2O2.C13H11ClF2N2O2/c1-3-27-26-21-18(11-15(12-25-21)14-7-5-4-6-8-14)28-13(2)19-16(23)9-10-17(24)20(19)22;1-6(11-8(15)2-3-9(16)12(11)14)20-10-4-7(19)5-18-13(10)17/h9-14H,3-8H2,1-2H3,(H,25,26);2-6,19H,1H3,(H2,17,18). The molecular weight excluding hydrogens is 675 g/mol. The van der Waals surface area contributed by atoms with Crippen LogP contribution in [0, 0.1) is 23.3 Å². The number of nitrogens with zero attached hydrogens (tertiary/aromatic N) is 2. The number of hydrogen-bond donors (Lipinski definition) is 3. The number of ether oxygens (including phenoxy) is 2. The van der Waals surface area contributed by atoms with Crippen molar-refractivity contribution in [3.8, 4) is 17.2 Å². The van der Waals surface area contributed by atoms with Crippen LogP contribution in [0.4, 0.5) is 29.2 Å². The third-order valence-electron chi connectivity index (χ3n) is 7.71. The first-order chi connectivity index (χ1) is 22.9. The third kappa shape index (κ3) is 9.12. The Labute approximate surface area is 286 Å². The molecule has 258 valence electrons. The number of nitrogen functional groups attached to an aromatic ring is 1. The Bertz CT molecular complexity index is 1710. The molecule has 2 aromatic carbocycles. The molecule has 14 heteroatoms. The van der Waals surface area contributed by atoms with E-state index in [-0.39, 0.29) is 38.5 Å². The maximum atomic E-state index is 14.3. The smallest absolute Gasteiger partial charge is 0.192 e. The zero-order chi connectivity index (χ0) is 35.0. The van der Waals surface area contributed by atoms with Crippen molar-refractivity contribution >= 4 is 34.8 Å². The highest BCUT2D eigenvalue weighted by Crippen LogP contribution is 2.38. The summed E-state index contributed by atoms with van der Waals surface area (Å²) in [6, 6.07) is 7.07. The average molecular weight is 712 g/mol. The van der Waals surface area contributed by atoms with E-state index in [1.165, 1.54) is 32.3 Å². The van der Waals surface area contributed by atoms with Gasteiger partial charge in [0.25, 0.3) is 0 Å². The third-order valence-corrected chi connectivity index (χ3v) is 8.48. The van der Waals surface area contributed by atoms with Crippen LogP contribution in [0.5, 0.6) is 17.2 Å². The van der Waals surface area contributed by atoms with Gasteiger partial charge in [-0.15, -0.1) is 0 Å². The van der Waals surface area contributed by atoms with Crippen molar-refractivity contribution in [2.45, 2.75) is 71.0 Å².